The maximum atomic E-state index is 6.13. The summed E-state index contributed by atoms with van der Waals surface area (Å²) in [4.78, 5) is 2.60. The second-order valence-electron chi connectivity index (χ2n) is 6.13. The first-order valence-electron chi connectivity index (χ1n) is 8.08. The van der Waals surface area contributed by atoms with E-state index in [0.717, 1.165) is 43.3 Å². The normalized spacial score (nSPS) is 24.1. The minimum Gasteiger partial charge on any atom is -0.493 e. The number of likely N-dealkylation sites (tertiary alicyclic amines) is 1. The number of ether oxygens (including phenoxy) is 2. The maximum absolute atomic E-state index is 6.13. The predicted octanol–water partition coefficient (Wildman–Crippen LogP) is 2.15. The molecular weight excluding hydrogens is 264 g/mol. The molecule has 0 aliphatic carbocycles. The number of hydrogen-bond donors (Lipinski definition) is 1. The molecule has 1 atom stereocenters. The molecule has 0 aromatic heterocycles. The molecule has 3 rings (SSSR count). The van der Waals surface area contributed by atoms with Crippen LogP contribution in [0.15, 0.2) is 24.3 Å². The SMILES string of the molecule is COc1ccccc1OC1CCN(C[C@H]2CCNC2)CC1. The topological polar surface area (TPSA) is 33.7 Å². The van der Waals surface area contributed by atoms with Crippen molar-refractivity contribution < 1.29 is 9.47 Å². The van der Waals surface area contributed by atoms with Crippen molar-refractivity contribution in [1.82, 2.24) is 10.2 Å². The lowest BCUT2D eigenvalue weighted by Crippen LogP contribution is -2.41. The van der Waals surface area contributed by atoms with Crippen LogP contribution in [0.1, 0.15) is 19.3 Å². The molecule has 2 aliphatic heterocycles. The quantitative estimate of drug-likeness (QED) is 0.901. The Hall–Kier alpha value is -1.26. The van der Waals surface area contributed by atoms with Gasteiger partial charge in [0.15, 0.2) is 11.5 Å². The van der Waals surface area contributed by atoms with E-state index in [1.165, 1.54) is 26.1 Å². The van der Waals surface area contributed by atoms with Gasteiger partial charge in [-0.15, -0.1) is 0 Å². The van der Waals surface area contributed by atoms with Gasteiger partial charge < -0.3 is 19.7 Å². The van der Waals surface area contributed by atoms with Gasteiger partial charge in [-0.25, -0.2) is 0 Å². The highest BCUT2D eigenvalue weighted by atomic mass is 16.5. The number of rotatable bonds is 5. The summed E-state index contributed by atoms with van der Waals surface area (Å²) in [7, 11) is 1.69. The number of benzene rings is 1. The first-order valence-corrected chi connectivity index (χ1v) is 8.08. The fraction of sp³-hybridized carbons (Fsp3) is 0.647. The molecule has 4 nitrogen and oxygen atoms in total. The van der Waals surface area contributed by atoms with Crippen molar-refractivity contribution in [2.24, 2.45) is 5.92 Å². The van der Waals surface area contributed by atoms with Gasteiger partial charge in [-0.05, 0) is 50.4 Å². The van der Waals surface area contributed by atoms with Crippen LogP contribution in [0.4, 0.5) is 0 Å². The standard InChI is InChI=1S/C17H26N2O2/c1-20-16-4-2-3-5-17(16)21-15-7-10-19(11-8-15)13-14-6-9-18-12-14/h2-5,14-15,18H,6-13H2,1H3/t14-/m0/s1. The van der Waals surface area contributed by atoms with Crippen molar-refractivity contribution in [2.45, 2.75) is 25.4 Å². The number of para-hydroxylation sites is 2. The molecule has 2 heterocycles. The summed E-state index contributed by atoms with van der Waals surface area (Å²) in [5.74, 6) is 2.55. The number of hydrogen-bond acceptors (Lipinski definition) is 4. The monoisotopic (exact) mass is 290 g/mol. The molecule has 2 aliphatic rings. The van der Waals surface area contributed by atoms with E-state index in [4.69, 9.17) is 9.47 Å². The van der Waals surface area contributed by atoms with Crippen LogP contribution in [0.5, 0.6) is 11.5 Å². The Morgan fingerprint density at radius 2 is 1.90 bits per heavy atom. The average molecular weight is 290 g/mol. The summed E-state index contributed by atoms with van der Waals surface area (Å²) < 4.78 is 11.5. The van der Waals surface area contributed by atoms with Gasteiger partial charge in [-0.2, -0.15) is 0 Å². The second kappa shape index (κ2) is 7.14. The fourth-order valence-electron chi connectivity index (χ4n) is 3.34. The van der Waals surface area contributed by atoms with E-state index in [9.17, 15) is 0 Å². The summed E-state index contributed by atoms with van der Waals surface area (Å²) in [6.07, 6.45) is 3.87. The van der Waals surface area contributed by atoms with Gasteiger partial charge in [0.25, 0.3) is 0 Å². The van der Waals surface area contributed by atoms with Gasteiger partial charge in [-0.1, -0.05) is 12.1 Å². The summed E-state index contributed by atoms with van der Waals surface area (Å²) in [5, 5.41) is 3.45. The molecule has 1 aromatic rings. The molecule has 1 N–H and O–H groups in total. The Bertz CT molecular complexity index is 438. The van der Waals surface area contributed by atoms with Crippen LogP contribution in [0.2, 0.25) is 0 Å². The zero-order valence-electron chi connectivity index (χ0n) is 12.9. The van der Waals surface area contributed by atoms with Gasteiger partial charge in [0.05, 0.1) is 7.11 Å². The molecule has 0 spiro atoms. The number of piperidine rings is 1. The predicted molar refractivity (Wildman–Crippen MR) is 84.1 cm³/mol. The summed E-state index contributed by atoms with van der Waals surface area (Å²) in [6.45, 7) is 5.93. The molecule has 2 fully saturated rings. The average Bonchev–Trinajstić information content (AvgIpc) is 3.03. The molecule has 0 unspecified atom stereocenters. The van der Waals surface area contributed by atoms with Crippen molar-refractivity contribution in [2.75, 3.05) is 39.8 Å². The number of nitrogens with zero attached hydrogens (tertiary/aromatic N) is 1. The summed E-state index contributed by atoms with van der Waals surface area (Å²) in [5.41, 5.74) is 0. The molecule has 21 heavy (non-hydrogen) atoms. The minimum absolute atomic E-state index is 0.319. The molecule has 0 bridgehead atoms. The summed E-state index contributed by atoms with van der Waals surface area (Å²) >= 11 is 0. The number of methoxy groups -OCH3 is 1. The zero-order chi connectivity index (χ0) is 14.5. The van der Waals surface area contributed by atoms with E-state index in [0.29, 0.717) is 6.10 Å². The highest BCUT2D eigenvalue weighted by Gasteiger charge is 2.24. The van der Waals surface area contributed by atoms with Crippen LogP contribution in [-0.4, -0.2) is 50.8 Å². The molecule has 2 saturated heterocycles. The lowest BCUT2D eigenvalue weighted by molar-refractivity contribution is 0.0905. The molecule has 0 amide bonds. The molecule has 4 heteroatoms. The van der Waals surface area contributed by atoms with E-state index >= 15 is 0 Å². The molecule has 0 saturated carbocycles. The van der Waals surface area contributed by atoms with Gasteiger partial charge in [0, 0.05) is 19.6 Å². The first-order chi connectivity index (χ1) is 10.3. The van der Waals surface area contributed by atoms with Crippen molar-refractivity contribution in [3.63, 3.8) is 0 Å². The lowest BCUT2D eigenvalue weighted by atomic mass is 10.0. The van der Waals surface area contributed by atoms with E-state index in [1.54, 1.807) is 7.11 Å². The van der Waals surface area contributed by atoms with Gasteiger partial charge in [0.2, 0.25) is 0 Å². The highest BCUT2D eigenvalue weighted by Crippen LogP contribution is 2.29. The Balaban J connectivity index is 1.47. The smallest absolute Gasteiger partial charge is 0.161 e. The summed E-state index contributed by atoms with van der Waals surface area (Å²) in [6, 6.07) is 7.93. The molecule has 116 valence electrons. The van der Waals surface area contributed by atoms with Crippen molar-refractivity contribution in [1.29, 1.82) is 0 Å². The molecule has 1 aromatic carbocycles. The Morgan fingerprint density at radius 3 is 2.57 bits per heavy atom. The number of nitrogens with one attached hydrogen (secondary N) is 1. The van der Waals surface area contributed by atoms with Crippen LogP contribution in [-0.2, 0) is 0 Å². The highest BCUT2D eigenvalue weighted by molar-refractivity contribution is 5.39. The van der Waals surface area contributed by atoms with Crippen LogP contribution in [0.3, 0.4) is 0 Å². The van der Waals surface area contributed by atoms with Crippen molar-refractivity contribution in [3.05, 3.63) is 24.3 Å². The van der Waals surface area contributed by atoms with Gasteiger partial charge >= 0.3 is 0 Å². The third kappa shape index (κ3) is 3.89. The Kier molecular flexibility index (Phi) is 4.99. The second-order valence-corrected chi connectivity index (χ2v) is 6.13. The van der Waals surface area contributed by atoms with E-state index in [2.05, 4.69) is 10.2 Å². The van der Waals surface area contributed by atoms with Crippen molar-refractivity contribution in [3.8, 4) is 11.5 Å². The van der Waals surface area contributed by atoms with Crippen LogP contribution >= 0.6 is 0 Å². The largest absolute Gasteiger partial charge is 0.493 e. The third-order valence-electron chi connectivity index (χ3n) is 4.58. The van der Waals surface area contributed by atoms with E-state index in [-0.39, 0.29) is 0 Å². The van der Waals surface area contributed by atoms with E-state index in [1.807, 2.05) is 24.3 Å². The lowest BCUT2D eigenvalue weighted by Gasteiger charge is -2.33. The molecular formula is C17H26N2O2. The maximum Gasteiger partial charge on any atom is 0.161 e. The van der Waals surface area contributed by atoms with Crippen LogP contribution in [0, 0.1) is 5.92 Å². The van der Waals surface area contributed by atoms with Gasteiger partial charge in [0.1, 0.15) is 6.10 Å². The Morgan fingerprint density at radius 1 is 1.14 bits per heavy atom. The van der Waals surface area contributed by atoms with E-state index < -0.39 is 0 Å². The van der Waals surface area contributed by atoms with Crippen molar-refractivity contribution >= 4 is 0 Å². The minimum atomic E-state index is 0.319. The fourth-order valence-corrected chi connectivity index (χ4v) is 3.34. The molecule has 0 radical (unpaired) electrons. The van der Waals surface area contributed by atoms with Gasteiger partial charge in [-0.3, -0.25) is 0 Å². The van der Waals surface area contributed by atoms with Crippen LogP contribution < -0.4 is 14.8 Å². The van der Waals surface area contributed by atoms with Crippen LogP contribution in [0.25, 0.3) is 0 Å². The zero-order valence-corrected chi connectivity index (χ0v) is 12.9. The third-order valence-corrected chi connectivity index (χ3v) is 4.58. The Labute approximate surface area is 127 Å². The first kappa shape index (κ1) is 14.7.